The van der Waals surface area contributed by atoms with Gasteiger partial charge in [0.2, 0.25) is 0 Å². The molecule has 5 heterocycles. The number of carbonyl (C=O) groups is 3. The third-order valence-electron chi connectivity index (χ3n) is 9.20. The second-order valence-corrected chi connectivity index (χ2v) is 15.9. The van der Waals surface area contributed by atoms with Gasteiger partial charge in [0.05, 0.1) is 6.54 Å². The maximum absolute atomic E-state index is 12.2. The van der Waals surface area contributed by atoms with E-state index in [1.165, 1.54) is 38.8 Å². The number of para-hydroxylation sites is 3. The van der Waals surface area contributed by atoms with E-state index < -0.39 is 11.2 Å². The fourth-order valence-electron chi connectivity index (χ4n) is 6.55. The summed E-state index contributed by atoms with van der Waals surface area (Å²) in [6.45, 7) is 15.6. The highest BCUT2D eigenvalue weighted by molar-refractivity contribution is 5.86. The summed E-state index contributed by atoms with van der Waals surface area (Å²) in [6.07, 6.45) is 2.35. The van der Waals surface area contributed by atoms with Crippen molar-refractivity contribution in [2.24, 2.45) is 5.84 Å². The van der Waals surface area contributed by atoms with Gasteiger partial charge in [0.15, 0.2) is 0 Å². The van der Waals surface area contributed by atoms with Gasteiger partial charge in [0.25, 0.3) is 0 Å². The molecule has 12 nitrogen and oxygen atoms in total. The van der Waals surface area contributed by atoms with Crippen molar-refractivity contribution in [1.82, 2.24) is 25.1 Å². The highest BCUT2D eigenvalue weighted by Gasteiger charge is 2.28. The summed E-state index contributed by atoms with van der Waals surface area (Å²) in [5.74, 6) is 5.33. The van der Waals surface area contributed by atoms with Crippen LogP contribution in [-0.4, -0.2) is 75.1 Å². The molecule has 5 aromatic rings. The highest BCUT2D eigenvalue weighted by atomic mass is 16.6. The number of amides is 2. The number of benzene rings is 3. The molecule has 0 bridgehead atoms. The number of anilines is 1. The molecule has 0 spiro atoms. The molecule has 3 aromatic carbocycles. The minimum absolute atomic E-state index is 0.227. The standard InChI is InChI=1S/C16H20N2O2.C11H12N2.C10H17NO3.C6H8N2/c1-16(2,3)20-15(19)18-9-8-14-12(10-18)11-6-4-5-7-13(11)17-14;1-2-4-10-8(3-1)9-7-12-6-5-11(9)13-10;1-10(2,3)14-9(13)11-6-4-8(12)5-7-11;7-8-6-4-2-1-3-5-6/h4-7,17H,8-10H2,1-3H3;1-4,12-13H,5-7H2;4-7H2,1-3H3;1-5,8H,7H2. The lowest BCUT2D eigenvalue weighted by Crippen LogP contribution is -2.41. The fraction of sp³-hybridized carbons (Fsp3) is 0.419. The SMILES string of the molecule is CC(C)(C)OC(=O)N1CCC(=O)CC1.CC(C)(C)OC(=O)N1CCc2[nH]c3ccccc3c2C1.NNc1ccccc1.c1ccc2c3c([nH]c2c1)CCNC3. The summed E-state index contributed by atoms with van der Waals surface area (Å²) in [4.78, 5) is 44.9. The molecule has 0 radical (unpaired) electrons. The van der Waals surface area contributed by atoms with Crippen LogP contribution in [0.4, 0.5) is 15.3 Å². The summed E-state index contributed by atoms with van der Waals surface area (Å²) in [7, 11) is 0. The molecule has 2 aromatic heterocycles. The third-order valence-corrected chi connectivity index (χ3v) is 9.20. The average Bonchev–Trinajstić information content (AvgIpc) is 3.73. The van der Waals surface area contributed by atoms with Crippen molar-refractivity contribution in [3.63, 3.8) is 0 Å². The molecule has 0 aliphatic carbocycles. The molecule has 55 heavy (non-hydrogen) atoms. The van der Waals surface area contributed by atoms with E-state index in [4.69, 9.17) is 15.3 Å². The fourth-order valence-corrected chi connectivity index (χ4v) is 6.55. The van der Waals surface area contributed by atoms with E-state index in [9.17, 15) is 14.4 Å². The molecule has 0 saturated carbocycles. The van der Waals surface area contributed by atoms with Crippen LogP contribution in [0.5, 0.6) is 0 Å². The number of nitrogens with two attached hydrogens (primary N) is 1. The summed E-state index contributed by atoms with van der Waals surface area (Å²) < 4.78 is 10.6. The number of nitrogens with zero attached hydrogens (tertiary/aromatic N) is 2. The van der Waals surface area contributed by atoms with E-state index in [1.54, 1.807) is 9.80 Å². The van der Waals surface area contributed by atoms with Crippen molar-refractivity contribution < 1.29 is 23.9 Å². The molecule has 3 aliphatic heterocycles. The predicted molar refractivity (Wildman–Crippen MR) is 219 cm³/mol. The Kier molecular flexibility index (Phi) is 13.6. The van der Waals surface area contributed by atoms with Gasteiger partial charge in [0.1, 0.15) is 17.0 Å². The number of fused-ring (bicyclic) bond motifs is 6. The van der Waals surface area contributed by atoms with Gasteiger partial charge in [-0.25, -0.2) is 9.59 Å². The Balaban J connectivity index is 0.000000147. The second-order valence-electron chi connectivity index (χ2n) is 15.9. The average molecular weight is 752 g/mol. The quantitative estimate of drug-likeness (QED) is 0.0857. The molecule has 3 aliphatic rings. The molecule has 1 fully saturated rings. The summed E-state index contributed by atoms with van der Waals surface area (Å²) in [6, 6.07) is 26.4. The predicted octanol–water partition coefficient (Wildman–Crippen LogP) is 7.83. The number of hydrazine groups is 1. The zero-order valence-electron chi connectivity index (χ0n) is 33.1. The smallest absolute Gasteiger partial charge is 0.410 e. The first-order valence-electron chi connectivity index (χ1n) is 19.1. The van der Waals surface area contributed by atoms with E-state index in [-0.39, 0.29) is 18.0 Å². The summed E-state index contributed by atoms with van der Waals surface area (Å²) in [5, 5.41) is 5.98. The maximum atomic E-state index is 12.2. The molecule has 0 unspecified atom stereocenters. The monoisotopic (exact) mass is 751 g/mol. The number of hydrogen-bond acceptors (Lipinski definition) is 8. The Hall–Kier alpha value is -5.33. The number of nitrogens with one attached hydrogen (secondary N) is 4. The molecule has 8 rings (SSSR count). The lowest BCUT2D eigenvalue weighted by Gasteiger charge is -2.30. The van der Waals surface area contributed by atoms with Crippen molar-refractivity contribution in [3.05, 3.63) is 101 Å². The van der Waals surface area contributed by atoms with Crippen molar-refractivity contribution in [2.75, 3.05) is 31.6 Å². The topological polar surface area (TPSA) is 158 Å². The van der Waals surface area contributed by atoms with Crippen molar-refractivity contribution >= 4 is 45.5 Å². The molecule has 294 valence electrons. The molecular formula is C43H57N7O5. The zero-order chi connectivity index (χ0) is 39.6. The van der Waals surface area contributed by atoms with Gasteiger partial charge in [-0.15, -0.1) is 0 Å². The van der Waals surface area contributed by atoms with Crippen molar-refractivity contribution in [2.45, 2.75) is 91.5 Å². The number of H-pyrrole nitrogens is 2. The Labute approximate surface area is 324 Å². The Bertz CT molecular complexity index is 2030. The minimum Gasteiger partial charge on any atom is -0.444 e. The number of nitrogen functional groups attached to an aromatic ring is 1. The number of aromatic nitrogens is 2. The van der Waals surface area contributed by atoms with Crippen molar-refractivity contribution in [1.29, 1.82) is 0 Å². The van der Waals surface area contributed by atoms with Crippen LogP contribution in [0.2, 0.25) is 0 Å². The first-order chi connectivity index (χ1) is 26.2. The molecule has 6 N–H and O–H groups in total. The number of ether oxygens (including phenoxy) is 2. The van der Waals surface area contributed by atoms with Crippen LogP contribution in [-0.2, 0) is 40.2 Å². The molecular weight excluding hydrogens is 695 g/mol. The number of likely N-dealkylation sites (tertiary alicyclic amines) is 1. The van der Waals surface area contributed by atoms with Gasteiger partial charge in [-0.2, -0.15) is 0 Å². The lowest BCUT2D eigenvalue weighted by atomic mass is 10.1. The summed E-state index contributed by atoms with van der Waals surface area (Å²) in [5.41, 5.74) is 10.3. The Morgan fingerprint density at radius 3 is 1.69 bits per heavy atom. The van der Waals surface area contributed by atoms with E-state index in [2.05, 4.69) is 57.1 Å². The van der Waals surface area contributed by atoms with Crippen LogP contribution >= 0.6 is 0 Å². The molecule has 0 atom stereocenters. The lowest BCUT2D eigenvalue weighted by molar-refractivity contribution is -0.121. The number of aromatic amines is 2. The third kappa shape index (κ3) is 11.8. The number of hydrogen-bond donors (Lipinski definition) is 5. The van der Waals surface area contributed by atoms with E-state index in [0.29, 0.717) is 39.0 Å². The van der Waals surface area contributed by atoms with Crippen LogP contribution < -0.4 is 16.6 Å². The minimum atomic E-state index is -0.460. The number of piperidine rings is 1. The van der Waals surface area contributed by atoms with E-state index in [1.807, 2.05) is 84.0 Å². The van der Waals surface area contributed by atoms with Gasteiger partial charge in [-0.1, -0.05) is 54.6 Å². The zero-order valence-corrected chi connectivity index (χ0v) is 33.1. The van der Waals surface area contributed by atoms with Crippen molar-refractivity contribution in [3.8, 4) is 0 Å². The van der Waals surface area contributed by atoms with Crippen LogP contribution in [0.15, 0.2) is 78.9 Å². The number of rotatable bonds is 1. The Morgan fingerprint density at radius 1 is 0.655 bits per heavy atom. The number of Topliss-reactive ketones (excluding diaryl/α,β-unsaturated/α-hetero) is 1. The Morgan fingerprint density at radius 2 is 1.15 bits per heavy atom. The van der Waals surface area contributed by atoms with Gasteiger partial charge >= 0.3 is 12.2 Å². The largest absolute Gasteiger partial charge is 0.444 e. The van der Waals surface area contributed by atoms with E-state index in [0.717, 1.165) is 37.1 Å². The maximum Gasteiger partial charge on any atom is 0.410 e. The van der Waals surface area contributed by atoms with Gasteiger partial charge in [-0.3, -0.25) is 10.6 Å². The molecule has 2 amide bonds. The first kappa shape index (κ1) is 40.8. The van der Waals surface area contributed by atoms with E-state index >= 15 is 0 Å². The number of ketones is 1. The van der Waals surface area contributed by atoms with Crippen LogP contribution in [0.25, 0.3) is 21.8 Å². The number of carbonyl (C=O) groups excluding carboxylic acids is 3. The summed E-state index contributed by atoms with van der Waals surface area (Å²) >= 11 is 0. The second kappa shape index (κ2) is 18.3. The van der Waals surface area contributed by atoms with Gasteiger partial charge in [0, 0.05) is 103 Å². The first-order valence-corrected chi connectivity index (χ1v) is 19.1. The van der Waals surface area contributed by atoms with Crippen LogP contribution in [0.1, 0.15) is 76.9 Å². The normalized spacial score (nSPS) is 15.2. The van der Waals surface area contributed by atoms with Gasteiger partial charge in [-0.05, 0) is 71.4 Å². The molecule has 1 saturated heterocycles. The van der Waals surface area contributed by atoms with Crippen LogP contribution in [0, 0.1) is 0 Å². The molecule has 12 heteroatoms. The van der Waals surface area contributed by atoms with Crippen LogP contribution in [0.3, 0.4) is 0 Å². The van der Waals surface area contributed by atoms with Gasteiger partial charge < -0.3 is 40.0 Å². The highest BCUT2D eigenvalue weighted by Crippen LogP contribution is 2.28.